The van der Waals surface area contributed by atoms with Gasteiger partial charge in [-0.2, -0.15) is 0 Å². The van der Waals surface area contributed by atoms with Gasteiger partial charge < -0.3 is 14.1 Å². The Balaban J connectivity index is 1.67. The molecule has 0 aliphatic carbocycles. The van der Waals surface area contributed by atoms with E-state index >= 15 is 0 Å². The number of anilines is 1. The van der Waals surface area contributed by atoms with Crippen LogP contribution < -0.4 is 4.90 Å². The minimum Gasteiger partial charge on any atom is -0.469 e. The average molecular weight is 354 g/mol. The number of methoxy groups -OCH3 is 1. The predicted octanol–water partition coefficient (Wildman–Crippen LogP) is 3.16. The maximum Gasteiger partial charge on any atom is 0.311 e. The van der Waals surface area contributed by atoms with Gasteiger partial charge in [0.05, 0.1) is 18.6 Å². The molecule has 0 radical (unpaired) electrons. The first-order valence-corrected chi connectivity index (χ1v) is 8.10. The van der Waals surface area contributed by atoms with Gasteiger partial charge in [0.1, 0.15) is 11.3 Å². The van der Waals surface area contributed by atoms with Gasteiger partial charge in [-0.15, -0.1) is 0 Å². The number of carbonyl (C=O) groups is 2. The Kier molecular flexibility index (Phi) is 3.91. The van der Waals surface area contributed by atoms with Gasteiger partial charge in [0.2, 0.25) is 11.8 Å². The highest BCUT2D eigenvalue weighted by Gasteiger charge is 2.36. The van der Waals surface area contributed by atoms with Crippen molar-refractivity contribution in [3.05, 3.63) is 48.3 Å². The normalized spacial score (nSPS) is 17.1. The summed E-state index contributed by atoms with van der Waals surface area (Å²) < 4.78 is 24.3. The molecule has 1 aromatic heterocycles. The van der Waals surface area contributed by atoms with Gasteiger partial charge in [-0.3, -0.25) is 9.59 Å². The van der Waals surface area contributed by atoms with Crippen LogP contribution in [0.15, 0.2) is 46.9 Å². The molecule has 1 fully saturated rings. The molecule has 0 N–H and O–H groups in total. The third kappa shape index (κ3) is 2.71. The number of amides is 1. The smallest absolute Gasteiger partial charge is 0.311 e. The van der Waals surface area contributed by atoms with Crippen molar-refractivity contribution < 1.29 is 23.1 Å². The molecule has 1 saturated heterocycles. The SMILES string of the molecule is COC(=O)C1CC(=O)N(c2ccc3oc(-c4ccccc4F)nc3c2)C1. The summed E-state index contributed by atoms with van der Waals surface area (Å²) in [6, 6.07) is 11.3. The molecule has 7 heteroatoms. The lowest BCUT2D eigenvalue weighted by Gasteiger charge is -2.16. The zero-order chi connectivity index (χ0) is 18.3. The second-order valence-corrected chi connectivity index (χ2v) is 6.08. The van der Waals surface area contributed by atoms with Crippen LogP contribution in [-0.2, 0) is 14.3 Å². The van der Waals surface area contributed by atoms with Crippen molar-refractivity contribution in [2.45, 2.75) is 6.42 Å². The third-order valence-electron chi connectivity index (χ3n) is 4.45. The van der Waals surface area contributed by atoms with Gasteiger partial charge in [0.25, 0.3) is 0 Å². The van der Waals surface area contributed by atoms with Crippen LogP contribution in [-0.4, -0.2) is 30.5 Å². The molecule has 1 amide bonds. The van der Waals surface area contributed by atoms with Crippen molar-refractivity contribution in [2.75, 3.05) is 18.6 Å². The summed E-state index contributed by atoms with van der Waals surface area (Å²) >= 11 is 0. The molecule has 1 aliphatic rings. The third-order valence-corrected chi connectivity index (χ3v) is 4.45. The molecule has 26 heavy (non-hydrogen) atoms. The zero-order valence-corrected chi connectivity index (χ0v) is 13.9. The van der Waals surface area contributed by atoms with E-state index in [9.17, 15) is 14.0 Å². The van der Waals surface area contributed by atoms with Crippen LogP contribution >= 0.6 is 0 Å². The number of hydrogen-bond acceptors (Lipinski definition) is 5. The second kappa shape index (κ2) is 6.25. The van der Waals surface area contributed by atoms with Crippen molar-refractivity contribution in [3.63, 3.8) is 0 Å². The van der Waals surface area contributed by atoms with E-state index in [2.05, 4.69) is 4.98 Å². The molecule has 6 nitrogen and oxygen atoms in total. The maximum absolute atomic E-state index is 13.9. The molecule has 2 heterocycles. The Bertz CT molecular complexity index is 1010. The Morgan fingerprint density at radius 1 is 1.31 bits per heavy atom. The topological polar surface area (TPSA) is 72.6 Å². The van der Waals surface area contributed by atoms with Crippen LogP contribution in [0.25, 0.3) is 22.6 Å². The number of carbonyl (C=O) groups excluding carboxylic acids is 2. The molecule has 1 unspecified atom stereocenters. The lowest BCUT2D eigenvalue weighted by molar-refractivity contribution is -0.145. The summed E-state index contributed by atoms with van der Waals surface area (Å²) in [5, 5.41) is 0. The van der Waals surface area contributed by atoms with Gasteiger partial charge in [0, 0.05) is 18.7 Å². The molecule has 132 valence electrons. The molecule has 3 aromatic rings. The van der Waals surface area contributed by atoms with E-state index in [4.69, 9.17) is 9.15 Å². The van der Waals surface area contributed by atoms with E-state index < -0.39 is 17.7 Å². The highest BCUT2D eigenvalue weighted by Crippen LogP contribution is 2.31. The molecule has 1 aliphatic heterocycles. The molecule has 0 saturated carbocycles. The van der Waals surface area contributed by atoms with Crippen LogP contribution in [0.1, 0.15) is 6.42 Å². The maximum atomic E-state index is 13.9. The quantitative estimate of drug-likeness (QED) is 0.676. The van der Waals surface area contributed by atoms with E-state index in [1.165, 1.54) is 18.1 Å². The number of halogens is 1. The first-order chi connectivity index (χ1) is 12.6. The second-order valence-electron chi connectivity index (χ2n) is 6.08. The van der Waals surface area contributed by atoms with Crippen molar-refractivity contribution in [1.29, 1.82) is 0 Å². The fraction of sp³-hybridized carbons (Fsp3) is 0.211. The van der Waals surface area contributed by atoms with Crippen molar-refractivity contribution >= 4 is 28.7 Å². The van der Waals surface area contributed by atoms with Gasteiger partial charge in [-0.25, -0.2) is 9.37 Å². The average Bonchev–Trinajstić information content (AvgIpc) is 3.24. The first kappa shape index (κ1) is 16.3. The Labute approximate surface area is 148 Å². The van der Waals surface area contributed by atoms with Crippen LogP contribution in [0.5, 0.6) is 0 Å². The predicted molar refractivity (Wildman–Crippen MR) is 91.9 cm³/mol. The van der Waals surface area contributed by atoms with E-state index in [1.807, 2.05) is 0 Å². The molecule has 0 spiro atoms. The zero-order valence-electron chi connectivity index (χ0n) is 13.9. The standard InChI is InChI=1S/C19H15FN2O4/c1-25-19(24)11-8-17(23)22(10-11)12-6-7-16-15(9-12)21-18(26-16)13-4-2-3-5-14(13)20/h2-7,9,11H,8,10H2,1H3. The number of hydrogen-bond donors (Lipinski definition) is 0. The largest absolute Gasteiger partial charge is 0.469 e. The summed E-state index contributed by atoms with van der Waals surface area (Å²) in [5.74, 6) is -1.28. The van der Waals surface area contributed by atoms with Crippen LogP contribution in [0.3, 0.4) is 0 Å². The Hall–Kier alpha value is -3.22. The molecule has 1 atom stereocenters. The number of fused-ring (bicyclic) bond motifs is 1. The van der Waals surface area contributed by atoms with Crippen LogP contribution in [0, 0.1) is 11.7 Å². The van der Waals surface area contributed by atoms with E-state index in [-0.39, 0.29) is 30.3 Å². The van der Waals surface area contributed by atoms with E-state index in [0.29, 0.717) is 16.8 Å². The number of aromatic nitrogens is 1. The summed E-state index contributed by atoms with van der Waals surface area (Å²) in [6.07, 6.45) is 0.115. The van der Waals surface area contributed by atoms with Gasteiger partial charge in [-0.05, 0) is 30.3 Å². The molecule has 2 aromatic carbocycles. The van der Waals surface area contributed by atoms with Crippen molar-refractivity contribution in [1.82, 2.24) is 4.98 Å². The Morgan fingerprint density at radius 2 is 2.12 bits per heavy atom. The summed E-state index contributed by atoms with van der Waals surface area (Å²) in [6.45, 7) is 0.259. The molecular weight excluding hydrogens is 339 g/mol. The number of esters is 1. The van der Waals surface area contributed by atoms with Crippen molar-refractivity contribution in [3.8, 4) is 11.5 Å². The van der Waals surface area contributed by atoms with Gasteiger partial charge in [0.15, 0.2) is 5.58 Å². The molecule has 4 rings (SSSR count). The fourth-order valence-corrected chi connectivity index (χ4v) is 3.12. The lowest BCUT2D eigenvalue weighted by atomic mass is 10.1. The van der Waals surface area contributed by atoms with E-state index in [0.717, 1.165) is 0 Å². The first-order valence-electron chi connectivity index (χ1n) is 8.10. The van der Waals surface area contributed by atoms with Gasteiger partial charge in [-0.1, -0.05) is 12.1 Å². The fourth-order valence-electron chi connectivity index (χ4n) is 3.12. The molecule has 0 bridgehead atoms. The summed E-state index contributed by atoms with van der Waals surface area (Å²) in [5.41, 5.74) is 1.88. The monoisotopic (exact) mass is 354 g/mol. The van der Waals surface area contributed by atoms with Crippen LogP contribution in [0.4, 0.5) is 10.1 Å². The summed E-state index contributed by atoms with van der Waals surface area (Å²) in [4.78, 5) is 29.8. The lowest BCUT2D eigenvalue weighted by Crippen LogP contribution is -2.26. The highest BCUT2D eigenvalue weighted by atomic mass is 19.1. The molecular formula is C19H15FN2O4. The number of nitrogens with zero attached hydrogens (tertiary/aromatic N) is 2. The summed E-state index contributed by atoms with van der Waals surface area (Å²) in [7, 11) is 1.31. The Morgan fingerprint density at radius 3 is 2.88 bits per heavy atom. The number of oxazole rings is 1. The minimum absolute atomic E-state index is 0.115. The van der Waals surface area contributed by atoms with Gasteiger partial charge >= 0.3 is 5.97 Å². The van der Waals surface area contributed by atoms with Crippen molar-refractivity contribution in [2.24, 2.45) is 5.92 Å². The van der Waals surface area contributed by atoms with Crippen LogP contribution in [0.2, 0.25) is 0 Å². The number of benzene rings is 2. The van der Waals surface area contributed by atoms with E-state index in [1.54, 1.807) is 36.4 Å². The number of ether oxygens (including phenoxy) is 1. The minimum atomic E-state index is -0.477. The number of rotatable bonds is 3. The highest BCUT2D eigenvalue weighted by molar-refractivity contribution is 6.00.